The van der Waals surface area contributed by atoms with Crippen molar-refractivity contribution in [1.82, 2.24) is 9.97 Å². The van der Waals surface area contributed by atoms with E-state index in [2.05, 4.69) is 9.97 Å². The molecule has 4 heteroatoms. The van der Waals surface area contributed by atoms with E-state index in [1.165, 1.54) is 6.33 Å². The number of benzene rings is 1. The zero-order valence-corrected chi connectivity index (χ0v) is 8.10. The second kappa shape index (κ2) is 3.57. The molecule has 4 nitrogen and oxygen atoms in total. The molecule has 0 saturated heterocycles. The van der Waals surface area contributed by atoms with E-state index in [-0.39, 0.29) is 0 Å². The minimum absolute atomic E-state index is 0.357. The monoisotopic (exact) mass is 200 g/mol. The molecule has 2 rings (SSSR count). The quantitative estimate of drug-likeness (QED) is 0.690. The van der Waals surface area contributed by atoms with Gasteiger partial charge >= 0.3 is 0 Å². The van der Waals surface area contributed by atoms with E-state index in [9.17, 15) is 9.59 Å². The number of aromatic nitrogens is 2. The van der Waals surface area contributed by atoms with Gasteiger partial charge in [-0.05, 0) is 19.1 Å². The van der Waals surface area contributed by atoms with Crippen molar-refractivity contribution in [3.8, 4) is 0 Å². The summed E-state index contributed by atoms with van der Waals surface area (Å²) in [6, 6.07) is 3.24. The number of fused-ring (bicyclic) bond motifs is 1. The van der Waals surface area contributed by atoms with E-state index < -0.39 is 0 Å². The summed E-state index contributed by atoms with van der Waals surface area (Å²) >= 11 is 0. The molecule has 0 bridgehead atoms. The minimum Gasteiger partial charge on any atom is -0.298 e. The van der Waals surface area contributed by atoms with Crippen LogP contribution in [-0.4, -0.2) is 22.5 Å². The van der Waals surface area contributed by atoms with Gasteiger partial charge in [0.2, 0.25) is 0 Å². The van der Waals surface area contributed by atoms with Crippen molar-refractivity contribution in [2.24, 2.45) is 0 Å². The third-order valence-corrected chi connectivity index (χ3v) is 2.29. The zero-order valence-electron chi connectivity index (χ0n) is 8.10. The molecule has 0 N–H and O–H groups in total. The maximum atomic E-state index is 10.7. The Morgan fingerprint density at radius 2 is 1.73 bits per heavy atom. The molecule has 0 saturated carbocycles. The molecule has 1 heterocycles. The maximum Gasteiger partial charge on any atom is 0.150 e. The van der Waals surface area contributed by atoms with Crippen LogP contribution in [0.15, 0.2) is 18.5 Å². The molecule has 0 amide bonds. The van der Waals surface area contributed by atoms with E-state index in [0.717, 1.165) is 11.1 Å². The summed E-state index contributed by atoms with van der Waals surface area (Å²) in [5.41, 5.74) is 2.20. The van der Waals surface area contributed by atoms with E-state index in [4.69, 9.17) is 0 Å². The van der Waals surface area contributed by atoms with Crippen molar-refractivity contribution in [2.75, 3.05) is 0 Å². The fourth-order valence-corrected chi connectivity index (χ4v) is 1.47. The smallest absolute Gasteiger partial charge is 0.150 e. The van der Waals surface area contributed by atoms with Crippen LogP contribution in [0.25, 0.3) is 10.9 Å². The van der Waals surface area contributed by atoms with Crippen LogP contribution < -0.4 is 0 Å². The van der Waals surface area contributed by atoms with Gasteiger partial charge in [-0.15, -0.1) is 0 Å². The Morgan fingerprint density at radius 3 is 2.40 bits per heavy atom. The normalized spacial score (nSPS) is 10.2. The van der Waals surface area contributed by atoms with E-state index in [1.807, 2.05) is 6.92 Å². The van der Waals surface area contributed by atoms with Gasteiger partial charge in [-0.1, -0.05) is 0 Å². The van der Waals surface area contributed by atoms with Crippen LogP contribution in [-0.2, 0) is 0 Å². The van der Waals surface area contributed by atoms with Gasteiger partial charge in [-0.2, -0.15) is 0 Å². The molecule has 0 aliphatic carbocycles. The lowest BCUT2D eigenvalue weighted by molar-refractivity contribution is 0.109. The molecule has 0 unspecified atom stereocenters. The molecule has 0 radical (unpaired) electrons. The van der Waals surface area contributed by atoms with E-state index >= 15 is 0 Å². The predicted molar refractivity (Wildman–Crippen MR) is 55.1 cm³/mol. The lowest BCUT2D eigenvalue weighted by Gasteiger charge is -2.02. The van der Waals surface area contributed by atoms with Crippen LogP contribution in [0.1, 0.15) is 26.4 Å². The number of carbonyl (C=O) groups excluding carboxylic acids is 2. The summed E-state index contributed by atoms with van der Waals surface area (Å²) in [5.74, 6) is 0. The number of aldehydes is 2. The summed E-state index contributed by atoms with van der Waals surface area (Å²) < 4.78 is 0. The van der Waals surface area contributed by atoms with E-state index in [1.54, 1.807) is 12.1 Å². The molecule has 1 aromatic heterocycles. The number of carbonyl (C=O) groups is 2. The molecule has 1 aromatic carbocycles. The summed E-state index contributed by atoms with van der Waals surface area (Å²) in [6.07, 6.45) is 2.75. The van der Waals surface area contributed by atoms with Crippen LogP contribution in [0.5, 0.6) is 0 Å². The van der Waals surface area contributed by atoms with Crippen LogP contribution in [0.3, 0.4) is 0 Å². The first-order valence-electron chi connectivity index (χ1n) is 4.42. The van der Waals surface area contributed by atoms with Crippen LogP contribution >= 0.6 is 0 Å². The largest absolute Gasteiger partial charge is 0.298 e. The van der Waals surface area contributed by atoms with Crippen LogP contribution in [0, 0.1) is 6.92 Å². The molecular weight excluding hydrogens is 192 g/mol. The highest BCUT2D eigenvalue weighted by atomic mass is 16.1. The van der Waals surface area contributed by atoms with E-state index in [0.29, 0.717) is 29.2 Å². The maximum absolute atomic E-state index is 10.7. The molecule has 0 aliphatic heterocycles. The van der Waals surface area contributed by atoms with Gasteiger partial charge in [0.25, 0.3) is 0 Å². The number of hydrogen-bond acceptors (Lipinski definition) is 4. The summed E-state index contributed by atoms with van der Waals surface area (Å²) in [6.45, 7) is 1.83. The van der Waals surface area contributed by atoms with Crippen molar-refractivity contribution in [3.63, 3.8) is 0 Å². The van der Waals surface area contributed by atoms with Gasteiger partial charge in [-0.3, -0.25) is 9.59 Å². The molecule has 0 spiro atoms. The minimum atomic E-state index is 0.357. The third-order valence-electron chi connectivity index (χ3n) is 2.29. The fourth-order valence-electron chi connectivity index (χ4n) is 1.47. The van der Waals surface area contributed by atoms with Crippen LogP contribution in [0.2, 0.25) is 0 Å². The average molecular weight is 200 g/mol. The molecule has 15 heavy (non-hydrogen) atoms. The zero-order chi connectivity index (χ0) is 10.8. The highest BCUT2D eigenvalue weighted by Crippen LogP contribution is 2.18. The standard InChI is InChI=1S/C11H8N2O2/c1-7-10-2-8(4-14)9(5-15)3-11(10)13-6-12-7/h2-6H,1H3. The average Bonchev–Trinajstić information content (AvgIpc) is 2.28. The second-order valence-corrected chi connectivity index (χ2v) is 3.19. The van der Waals surface area contributed by atoms with Crippen molar-refractivity contribution >= 4 is 23.5 Å². The van der Waals surface area contributed by atoms with Gasteiger partial charge in [0.1, 0.15) is 6.33 Å². The Labute approximate surface area is 86.0 Å². The molecule has 0 atom stereocenters. The summed E-state index contributed by atoms with van der Waals surface area (Å²) in [4.78, 5) is 29.5. The number of hydrogen-bond donors (Lipinski definition) is 0. The van der Waals surface area contributed by atoms with Crippen molar-refractivity contribution in [2.45, 2.75) is 6.92 Å². The first-order chi connectivity index (χ1) is 7.26. The van der Waals surface area contributed by atoms with Gasteiger partial charge in [-0.25, -0.2) is 9.97 Å². The summed E-state index contributed by atoms with van der Waals surface area (Å²) in [7, 11) is 0. The Morgan fingerprint density at radius 1 is 1.07 bits per heavy atom. The first kappa shape index (κ1) is 9.45. The Hall–Kier alpha value is -2.10. The number of rotatable bonds is 2. The molecule has 0 fully saturated rings. The van der Waals surface area contributed by atoms with Gasteiger partial charge in [0, 0.05) is 22.2 Å². The molecule has 0 aliphatic rings. The molecular formula is C11H8N2O2. The highest BCUT2D eigenvalue weighted by molar-refractivity contribution is 5.97. The van der Waals surface area contributed by atoms with Crippen molar-refractivity contribution < 1.29 is 9.59 Å². The lowest BCUT2D eigenvalue weighted by atomic mass is 10.1. The molecule has 74 valence electrons. The Bertz CT molecular complexity index is 550. The predicted octanol–water partition coefficient (Wildman–Crippen LogP) is 1.56. The number of nitrogens with zero attached hydrogens (tertiary/aromatic N) is 2. The topological polar surface area (TPSA) is 59.9 Å². The van der Waals surface area contributed by atoms with Crippen LogP contribution in [0.4, 0.5) is 0 Å². The SMILES string of the molecule is Cc1ncnc2cc(C=O)c(C=O)cc12. The fraction of sp³-hybridized carbons (Fsp3) is 0.0909. The highest BCUT2D eigenvalue weighted by Gasteiger charge is 2.06. The summed E-state index contributed by atoms with van der Waals surface area (Å²) in [5, 5.41) is 0.796. The Kier molecular flexibility index (Phi) is 2.25. The van der Waals surface area contributed by atoms with Gasteiger partial charge in [0.15, 0.2) is 12.6 Å². The third kappa shape index (κ3) is 1.50. The van der Waals surface area contributed by atoms with Gasteiger partial charge in [0.05, 0.1) is 5.52 Å². The number of aryl methyl sites for hydroxylation is 1. The first-order valence-corrected chi connectivity index (χ1v) is 4.42. The lowest BCUT2D eigenvalue weighted by Crippen LogP contribution is -1.94. The molecule has 2 aromatic rings. The van der Waals surface area contributed by atoms with Gasteiger partial charge < -0.3 is 0 Å². The second-order valence-electron chi connectivity index (χ2n) is 3.19. The van der Waals surface area contributed by atoms with Crippen molar-refractivity contribution in [3.05, 3.63) is 35.3 Å². The van der Waals surface area contributed by atoms with Crippen molar-refractivity contribution in [1.29, 1.82) is 0 Å². The Balaban J connectivity index is 2.86.